The molecule has 16 heavy (non-hydrogen) atoms. The molecule has 0 aliphatic carbocycles. The Hall–Kier alpha value is -0.870. The molecular formula is C12H19NO2S. The van der Waals surface area contributed by atoms with Crippen LogP contribution in [0.1, 0.15) is 25.6 Å². The topological polar surface area (TPSA) is 52.3 Å². The van der Waals surface area contributed by atoms with Gasteiger partial charge in [0, 0.05) is 11.3 Å². The molecule has 0 saturated heterocycles. The second kappa shape index (κ2) is 5.46. The van der Waals surface area contributed by atoms with E-state index in [1.165, 1.54) is 4.88 Å². The molecule has 1 heterocycles. The molecule has 1 rings (SSSR count). The Labute approximate surface area is 101 Å². The summed E-state index contributed by atoms with van der Waals surface area (Å²) in [5.74, 6) is -0.316. The third-order valence-corrected chi connectivity index (χ3v) is 3.30. The summed E-state index contributed by atoms with van der Waals surface area (Å²) in [6, 6.07) is 3.46. The fourth-order valence-electron chi connectivity index (χ4n) is 1.15. The molecule has 1 aromatic rings. The molecule has 0 saturated carbocycles. The van der Waals surface area contributed by atoms with Gasteiger partial charge in [-0.25, -0.2) is 0 Å². The van der Waals surface area contributed by atoms with E-state index in [-0.39, 0.29) is 11.4 Å². The second-order valence-electron chi connectivity index (χ2n) is 4.84. The Bertz CT molecular complexity index is 327. The van der Waals surface area contributed by atoms with E-state index in [0.717, 1.165) is 6.42 Å². The van der Waals surface area contributed by atoms with E-state index in [2.05, 4.69) is 0 Å². The summed E-state index contributed by atoms with van der Waals surface area (Å²) >= 11 is 1.67. The van der Waals surface area contributed by atoms with Crippen LogP contribution in [0.4, 0.5) is 0 Å². The lowest BCUT2D eigenvalue weighted by Crippen LogP contribution is -2.43. The number of carbonyl (C=O) groups is 1. The van der Waals surface area contributed by atoms with Crippen LogP contribution in [-0.4, -0.2) is 18.6 Å². The molecule has 3 nitrogen and oxygen atoms in total. The lowest BCUT2D eigenvalue weighted by Gasteiger charge is -2.24. The molecule has 0 aliphatic rings. The Morgan fingerprint density at radius 2 is 2.25 bits per heavy atom. The van der Waals surface area contributed by atoms with Crippen molar-refractivity contribution < 1.29 is 9.53 Å². The highest BCUT2D eigenvalue weighted by atomic mass is 32.1. The van der Waals surface area contributed by atoms with E-state index in [1.54, 1.807) is 11.3 Å². The molecule has 1 unspecified atom stereocenters. The highest BCUT2D eigenvalue weighted by Crippen LogP contribution is 2.18. The number of ether oxygens (including phenoxy) is 1. The molecule has 0 aliphatic heterocycles. The van der Waals surface area contributed by atoms with Crippen molar-refractivity contribution in [3.63, 3.8) is 0 Å². The Morgan fingerprint density at radius 1 is 1.56 bits per heavy atom. The van der Waals surface area contributed by atoms with E-state index in [4.69, 9.17) is 10.5 Å². The number of carbonyl (C=O) groups excluding carboxylic acids is 1. The van der Waals surface area contributed by atoms with Gasteiger partial charge in [0.15, 0.2) is 0 Å². The molecule has 4 heteroatoms. The van der Waals surface area contributed by atoms with E-state index in [1.807, 2.05) is 38.3 Å². The van der Waals surface area contributed by atoms with Crippen molar-refractivity contribution in [3.8, 4) is 0 Å². The average molecular weight is 241 g/mol. The van der Waals surface area contributed by atoms with Crippen LogP contribution >= 0.6 is 11.3 Å². The van der Waals surface area contributed by atoms with Gasteiger partial charge in [-0.2, -0.15) is 0 Å². The molecular weight excluding hydrogens is 222 g/mol. The maximum Gasteiger partial charge on any atom is 0.323 e. The highest BCUT2D eigenvalue weighted by molar-refractivity contribution is 7.09. The van der Waals surface area contributed by atoms with E-state index in [9.17, 15) is 4.79 Å². The molecule has 0 radical (unpaired) electrons. The van der Waals surface area contributed by atoms with Gasteiger partial charge < -0.3 is 10.5 Å². The van der Waals surface area contributed by atoms with Crippen molar-refractivity contribution in [2.45, 2.75) is 33.2 Å². The summed E-state index contributed by atoms with van der Waals surface area (Å²) in [4.78, 5) is 12.8. The third kappa shape index (κ3) is 3.94. The fourth-order valence-corrected chi connectivity index (χ4v) is 1.84. The largest absolute Gasteiger partial charge is 0.464 e. The van der Waals surface area contributed by atoms with Gasteiger partial charge in [0.1, 0.15) is 6.04 Å². The van der Waals surface area contributed by atoms with E-state index in [0.29, 0.717) is 6.61 Å². The van der Waals surface area contributed by atoms with Crippen molar-refractivity contribution in [1.82, 2.24) is 0 Å². The fraction of sp³-hybridized carbons (Fsp3) is 0.583. The lowest BCUT2D eigenvalue weighted by atomic mass is 9.87. The third-order valence-electron chi connectivity index (χ3n) is 2.36. The molecule has 0 aromatic carbocycles. The minimum atomic E-state index is -0.559. The predicted molar refractivity (Wildman–Crippen MR) is 66.4 cm³/mol. The van der Waals surface area contributed by atoms with Crippen molar-refractivity contribution in [2.75, 3.05) is 6.61 Å². The lowest BCUT2D eigenvalue weighted by molar-refractivity contribution is -0.147. The maximum atomic E-state index is 11.6. The molecule has 90 valence electrons. The Morgan fingerprint density at radius 3 is 2.75 bits per heavy atom. The zero-order chi connectivity index (χ0) is 12.2. The number of thiophene rings is 1. The van der Waals surface area contributed by atoms with Gasteiger partial charge in [0.05, 0.1) is 6.61 Å². The van der Waals surface area contributed by atoms with E-state index >= 15 is 0 Å². The SMILES string of the molecule is CC(C)(C)C(N)C(=O)OCCc1cccs1. The first-order valence-corrected chi connectivity index (χ1v) is 6.24. The van der Waals surface area contributed by atoms with Crippen molar-refractivity contribution in [2.24, 2.45) is 11.1 Å². The average Bonchev–Trinajstić information content (AvgIpc) is 2.67. The zero-order valence-electron chi connectivity index (χ0n) is 10.0. The summed E-state index contributed by atoms with van der Waals surface area (Å²) in [5.41, 5.74) is 5.53. The van der Waals surface area contributed by atoms with Gasteiger partial charge in [0.25, 0.3) is 0 Å². The van der Waals surface area contributed by atoms with Gasteiger partial charge >= 0.3 is 5.97 Å². The monoisotopic (exact) mass is 241 g/mol. The second-order valence-corrected chi connectivity index (χ2v) is 5.87. The molecule has 1 atom stereocenters. The molecule has 0 bridgehead atoms. The van der Waals surface area contributed by atoms with Gasteiger partial charge in [0.2, 0.25) is 0 Å². The summed E-state index contributed by atoms with van der Waals surface area (Å²) < 4.78 is 5.15. The summed E-state index contributed by atoms with van der Waals surface area (Å²) in [6.45, 7) is 6.19. The number of hydrogen-bond acceptors (Lipinski definition) is 4. The van der Waals surface area contributed by atoms with Crippen LogP contribution in [0.25, 0.3) is 0 Å². The number of rotatable bonds is 4. The van der Waals surface area contributed by atoms with Crippen LogP contribution in [0.2, 0.25) is 0 Å². The van der Waals surface area contributed by atoms with Crippen molar-refractivity contribution in [1.29, 1.82) is 0 Å². The minimum Gasteiger partial charge on any atom is -0.464 e. The summed E-state index contributed by atoms with van der Waals surface area (Å²) in [7, 11) is 0. The van der Waals surface area contributed by atoms with Crippen molar-refractivity contribution in [3.05, 3.63) is 22.4 Å². The van der Waals surface area contributed by atoms with Crippen molar-refractivity contribution >= 4 is 17.3 Å². The predicted octanol–water partition coefficient (Wildman–Crippen LogP) is 2.21. The van der Waals surface area contributed by atoms with Crippen LogP contribution < -0.4 is 5.73 Å². The quantitative estimate of drug-likeness (QED) is 0.822. The molecule has 2 N–H and O–H groups in total. The van der Waals surface area contributed by atoms with Gasteiger partial charge in [-0.1, -0.05) is 26.8 Å². The van der Waals surface area contributed by atoms with Gasteiger partial charge in [-0.05, 0) is 16.9 Å². The van der Waals surface area contributed by atoms with Crippen LogP contribution in [0.5, 0.6) is 0 Å². The minimum absolute atomic E-state index is 0.250. The normalized spacial score (nSPS) is 13.5. The van der Waals surface area contributed by atoms with Crippen LogP contribution in [0.15, 0.2) is 17.5 Å². The molecule has 0 amide bonds. The van der Waals surface area contributed by atoms with Crippen LogP contribution in [-0.2, 0) is 16.0 Å². The number of hydrogen-bond donors (Lipinski definition) is 1. The van der Waals surface area contributed by atoms with Gasteiger partial charge in [-0.3, -0.25) is 4.79 Å². The van der Waals surface area contributed by atoms with Crippen LogP contribution in [0, 0.1) is 5.41 Å². The summed E-state index contributed by atoms with van der Waals surface area (Å²) in [5, 5.41) is 2.01. The molecule has 1 aromatic heterocycles. The van der Waals surface area contributed by atoms with Crippen LogP contribution in [0.3, 0.4) is 0 Å². The molecule has 0 spiro atoms. The summed E-state index contributed by atoms with van der Waals surface area (Å²) in [6.07, 6.45) is 0.764. The van der Waals surface area contributed by atoms with Gasteiger partial charge in [-0.15, -0.1) is 11.3 Å². The maximum absolute atomic E-state index is 11.6. The Balaban J connectivity index is 2.30. The zero-order valence-corrected chi connectivity index (χ0v) is 10.8. The first-order valence-electron chi connectivity index (χ1n) is 5.36. The Kier molecular flexibility index (Phi) is 4.50. The first kappa shape index (κ1) is 13.2. The highest BCUT2D eigenvalue weighted by Gasteiger charge is 2.28. The first-order chi connectivity index (χ1) is 7.41. The number of nitrogens with two attached hydrogens (primary N) is 1. The smallest absolute Gasteiger partial charge is 0.323 e. The number of esters is 1. The van der Waals surface area contributed by atoms with E-state index < -0.39 is 6.04 Å². The molecule has 0 fully saturated rings. The standard InChI is InChI=1S/C12H19NO2S/c1-12(2,3)10(13)11(14)15-7-6-9-5-4-8-16-9/h4-5,8,10H,6-7,13H2,1-3H3.